The van der Waals surface area contributed by atoms with Crippen LogP contribution in [-0.2, 0) is 4.74 Å². The highest BCUT2D eigenvalue weighted by molar-refractivity contribution is 4.96. The van der Waals surface area contributed by atoms with Gasteiger partial charge in [-0.15, -0.1) is 0 Å². The molecule has 0 aliphatic heterocycles. The molecule has 1 N–H and O–H groups in total. The fraction of sp³-hybridized carbons (Fsp3) is 0.833. The molecule has 0 saturated carbocycles. The quantitative estimate of drug-likeness (QED) is 0.532. The maximum Gasteiger partial charge on any atom is 0.397 e. The summed E-state index contributed by atoms with van der Waals surface area (Å²) in [7, 11) is 1.17. The molecule has 0 amide bonds. The Morgan fingerprint density at radius 3 is 2.35 bits per heavy atom. The van der Waals surface area contributed by atoms with E-state index in [0.29, 0.717) is 6.42 Å². The molecule has 0 saturated heterocycles. The molecule has 102 valence electrons. The Bertz CT molecular complexity index is 210. The molecule has 0 rings (SSSR count). The van der Waals surface area contributed by atoms with Crippen LogP contribution in [0.25, 0.3) is 0 Å². The topological polar surface area (TPSA) is 29.5 Å². The highest BCUT2D eigenvalue weighted by Crippen LogP contribution is 2.31. The lowest BCUT2D eigenvalue weighted by atomic mass is 10.0. The van der Waals surface area contributed by atoms with Gasteiger partial charge in [0.1, 0.15) is 5.92 Å². The fourth-order valence-corrected chi connectivity index (χ4v) is 1.53. The molecule has 0 aromatic rings. The van der Waals surface area contributed by atoms with Crippen molar-refractivity contribution in [2.45, 2.75) is 44.9 Å². The van der Waals surface area contributed by atoms with Gasteiger partial charge in [-0.2, -0.15) is 13.2 Å². The monoisotopic (exact) mass is 254 g/mol. The molecule has 0 fully saturated rings. The highest BCUT2D eigenvalue weighted by atomic mass is 19.4. The number of alkyl halides is 3. The van der Waals surface area contributed by atoms with Crippen molar-refractivity contribution in [2.24, 2.45) is 5.92 Å². The van der Waals surface area contributed by atoms with Crippen molar-refractivity contribution in [1.29, 1.82) is 0 Å². The van der Waals surface area contributed by atoms with Crippen molar-refractivity contribution in [2.75, 3.05) is 13.7 Å². The van der Waals surface area contributed by atoms with Gasteiger partial charge in [-0.05, 0) is 12.8 Å². The number of hydrogen-bond acceptors (Lipinski definition) is 2. The van der Waals surface area contributed by atoms with Crippen LogP contribution in [0.15, 0.2) is 12.2 Å². The Morgan fingerprint density at radius 1 is 1.29 bits per heavy atom. The van der Waals surface area contributed by atoms with E-state index >= 15 is 0 Å². The molecular formula is C12H21F3O2. The van der Waals surface area contributed by atoms with E-state index in [1.54, 1.807) is 0 Å². The smallest absolute Gasteiger partial charge is 0.394 e. The SMILES string of the molecule is CCCCC/C=C/[C@H]([C@@H](CO)OC)C(F)(F)F. The summed E-state index contributed by atoms with van der Waals surface area (Å²) >= 11 is 0. The molecule has 2 atom stereocenters. The van der Waals surface area contributed by atoms with Gasteiger partial charge in [-0.1, -0.05) is 31.9 Å². The lowest BCUT2D eigenvalue weighted by molar-refractivity contribution is -0.193. The average molecular weight is 254 g/mol. The number of ether oxygens (including phenoxy) is 1. The fourth-order valence-electron chi connectivity index (χ4n) is 1.53. The molecular weight excluding hydrogens is 233 g/mol. The first-order chi connectivity index (χ1) is 7.97. The molecule has 0 heterocycles. The summed E-state index contributed by atoms with van der Waals surface area (Å²) in [4.78, 5) is 0. The average Bonchev–Trinajstić information content (AvgIpc) is 2.26. The second kappa shape index (κ2) is 8.53. The van der Waals surface area contributed by atoms with Crippen LogP contribution in [0.4, 0.5) is 13.2 Å². The maximum absolute atomic E-state index is 12.7. The number of aliphatic hydroxyl groups excluding tert-OH is 1. The van der Waals surface area contributed by atoms with Gasteiger partial charge in [-0.25, -0.2) is 0 Å². The molecule has 0 radical (unpaired) electrons. The van der Waals surface area contributed by atoms with Crippen molar-refractivity contribution in [1.82, 2.24) is 0 Å². The van der Waals surface area contributed by atoms with Gasteiger partial charge in [0, 0.05) is 7.11 Å². The zero-order valence-corrected chi connectivity index (χ0v) is 10.3. The van der Waals surface area contributed by atoms with Gasteiger partial charge >= 0.3 is 6.18 Å². The molecule has 2 nitrogen and oxygen atoms in total. The molecule has 17 heavy (non-hydrogen) atoms. The van der Waals surface area contributed by atoms with E-state index in [4.69, 9.17) is 5.11 Å². The molecule has 0 bridgehead atoms. The van der Waals surface area contributed by atoms with E-state index in [9.17, 15) is 13.2 Å². The molecule has 0 unspecified atom stereocenters. The third kappa shape index (κ3) is 6.68. The van der Waals surface area contributed by atoms with Crippen LogP contribution in [0.1, 0.15) is 32.6 Å². The van der Waals surface area contributed by atoms with Crippen LogP contribution in [0.2, 0.25) is 0 Å². The lowest BCUT2D eigenvalue weighted by Gasteiger charge is -2.23. The summed E-state index contributed by atoms with van der Waals surface area (Å²) in [5, 5.41) is 8.84. The lowest BCUT2D eigenvalue weighted by Crippen LogP contribution is -2.36. The number of methoxy groups -OCH3 is 1. The van der Waals surface area contributed by atoms with Gasteiger partial charge in [0.2, 0.25) is 0 Å². The zero-order chi connectivity index (χ0) is 13.3. The number of unbranched alkanes of at least 4 members (excludes halogenated alkanes) is 3. The molecule has 0 aliphatic carbocycles. The molecule has 0 spiro atoms. The third-order valence-electron chi connectivity index (χ3n) is 2.58. The zero-order valence-electron chi connectivity index (χ0n) is 10.3. The van der Waals surface area contributed by atoms with Gasteiger partial charge < -0.3 is 9.84 Å². The van der Waals surface area contributed by atoms with Gasteiger partial charge in [-0.3, -0.25) is 0 Å². The summed E-state index contributed by atoms with van der Waals surface area (Å²) in [5.41, 5.74) is 0. The number of hydrogen-bond donors (Lipinski definition) is 1. The van der Waals surface area contributed by atoms with Crippen LogP contribution >= 0.6 is 0 Å². The first-order valence-electron chi connectivity index (χ1n) is 5.84. The second-order valence-electron chi connectivity index (χ2n) is 3.95. The normalized spacial score (nSPS) is 16.4. The number of halogens is 3. The number of aliphatic hydroxyl groups is 1. The van der Waals surface area contributed by atoms with Crippen LogP contribution in [0, 0.1) is 5.92 Å². The third-order valence-corrected chi connectivity index (χ3v) is 2.58. The Balaban J connectivity index is 4.39. The van der Waals surface area contributed by atoms with E-state index in [-0.39, 0.29) is 0 Å². The van der Waals surface area contributed by atoms with E-state index in [2.05, 4.69) is 4.74 Å². The van der Waals surface area contributed by atoms with Crippen LogP contribution in [0.5, 0.6) is 0 Å². The molecule has 5 heteroatoms. The largest absolute Gasteiger partial charge is 0.397 e. The first-order valence-corrected chi connectivity index (χ1v) is 5.84. The Hall–Kier alpha value is -0.550. The predicted molar refractivity (Wildman–Crippen MR) is 60.7 cm³/mol. The molecule has 0 aromatic carbocycles. The highest BCUT2D eigenvalue weighted by Gasteiger charge is 2.42. The Labute approximate surface area is 100 Å². The van der Waals surface area contributed by atoms with Crippen LogP contribution in [-0.4, -0.2) is 31.1 Å². The first kappa shape index (κ1) is 16.4. The summed E-state index contributed by atoms with van der Waals surface area (Å²) in [5.74, 6) is -1.74. The van der Waals surface area contributed by atoms with Crippen molar-refractivity contribution >= 4 is 0 Å². The van der Waals surface area contributed by atoms with E-state index in [1.807, 2.05) is 6.92 Å². The number of allylic oxidation sites excluding steroid dienone is 1. The van der Waals surface area contributed by atoms with E-state index in [0.717, 1.165) is 25.3 Å². The van der Waals surface area contributed by atoms with Gasteiger partial charge in [0.25, 0.3) is 0 Å². The van der Waals surface area contributed by atoms with Gasteiger partial charge in [0.05, 0.1) is 12.7 Å². The minimum Gasteiger partial charge on any atom is -0.394 e. The van der Waals surface area contributed by atoms with E-state index in [1.165, 1.54) is 13.2 Å². The van der Waals surface area contributed by atoms with Crippen LogP contribution in [0.3, 0.4) is 0 Å². The van der Waals surface area contributed by atoms with Crippen LogP contribution < -0.4 is 0 Å². The van der Waals surface area contributed by atoms with Gasteiger partial charge in [0.15, 0.2) is 0 Å². The summed E-state index contributed by atoms with van der Waals surface area (Å²) in [6.07, 6.45) is 0.567. The minimum absolute atomic E-state index is 0.627. The maximum atomic E-state index is 12.7. The van der Waals surface area contributed by atoms with E-state index < -0.39 is 24.8 Å². The predicted octanol–water partition coefficient (Wildman–Crippen LogP) is 3.31. The van der Waals surface area contributed by atoms with Crippen molar-refractivity contribution in [3.05, 3.63) is 12.2 Å². The van der Waals surface area contributed by atoms with Crippen molar-refractivity contribution in [3.8, 4) is 0 Å². The summed E-state index contributed by atoms with van der Waals surface area (Å²) in [6, 6.07) is 0. The minimum atomic E-state index is -4.38. The molecule has 0 aromatic heterocycles. The van der Waals surface area contributed by atoms with Crippen molar-refractivity contribution in [3.63, 3.8) is 0 Å². The molecule has 0 aliphatic rings. The summed E-state index contributed by atoms with van der Waals surface area (Å²) < 4.78 is 42.7. The number of rotatable bonds is 8. The Morgan fingerprint density at radius 2 is 1.94 bits per heavy atom. The second-order valence-corrected chi connectivity index (χ2v) is 3.95. The summed E-state index contributed by atoms with van der Waals surface area (Å²) in [6.45, 7) is 1.40. The Kier molecular flexibility index (Phi) is 8.25. The standard InChI is InChI=1S/C12H21F3O2/c1-3-4-5-6-7-8-10(12(13,14)15)11(9-16)17-2/h7-8,10-11,16H,3-6,9H2,1-2H3/b8-7+/t10-,11-/m1/s1. The van der Waals surface area contributed by atoms with Crippen molar-refractivity contribution < 1.29 is 23.0 Å².